The fourth-order valence-electron chi connectivity index (χ4n) is 6.08. The Hall–Kier alpha value is -5.03. The predicted molar refractivity (Wildman–Crippen MR) is 181 cm³/mol. The second-order valence-electron chi connectivity index (χ2n) is 12.6. The summed E-state index contributed by atoms with van der Waals surface area (Å²) in [6, 6.07) is 14.1. The van der Waals surface area contributed by atoms with Gasteiger partial charge in [-0.05, 0) is 75.1 Å². The van der Waals surface area contributed by atoms with Gasteiger partial charge in [-0.25, -0.2) is 9.59 Å². The Labute approximate surface area is 273 Å². The summed E-state index contributed by atoms with van der Waals surface area (Å²) < 4.78 is 16.4. The zero-order valence-electron chi connectivity index (χ0n) is 27.5. The molecule has 1 aliphatic rings. The molecule has 0 radical (unpaired) electrons. The molecule has 1 amide bonds. The molecule has 5 rings (SSSR count). The lowest BCUT2D eigenvalue weighted by Crippen LogP contribution is -2.57. The summed E-state index contributed by atoms with van der Waals surface area (Å²) in [5.41, 5.74) is 0.236. The van der Waals surface area contributed by atoms with E-state index in [1.807, 2.05) is 45.9 Å². The lowest BCUT2D eigenvalue weighted by atomic mass is 9.84. The van der Waals surface area contributed by atoms with Crippen LogP contribution in [-0.2, 0) is 22.4 Å². The van der Waals surface area contributed by atoms with Gasteiger partial charge < -0.3 is 39.2 Å². The average Bonchev–Trinajstić information content (AvgIpc) is 3.37. The molecule has 1 aliphatic heterocycles. The predicted octanol–water partition coefficient (Wildman–Crippen LogP) is 5.35. The fourth-order valence-corrected chi connectivity index (χ4v) is 6.08. The molecule has 47 heavy (non-hydrogen) atoms. The number of carboxylic acids is 1. The van der Waals surface area contributed by atoms with E-state index in [9.17, 15) is 24.6 Å². The maximum atomic E-state index is 13.4. The van der Waals surface area contributed by atoms with Gasteiger partial charge in [0.2, 0.25) is 0 Å². The normalized spacial score (nSPS) is 15.9. The molecule has 0 saturated heterocycles. The van der Waals surface area contributed by atoms with Crippen LogP contribution in [0.1, 0.15) is 44.5 Å². The number of methoxy groups -OCH3 is 2. The Morgan fingerprint density at radius 1 is 1.02 bits per heavy atom. The number of aliphatic carboxylic acids is 1. The zero-order chi connectivity index (χ0) is 34.1. The number of anilines is 1. The quantitative estimate of drug-likeness (QED) is 0.209. The van der Waals surface area contributed by atoms with Gasteiger partial charge in [-0.3, -0.25) is 4.79 Å². The number of aromatic amines is 1. The summed E-state index contributed by atoms with van der Waals surface area (Å²) in [6.07, 6.45) is 3.10. The van der Waals surface area contributed by atoms with Gasteiger partial charge in [0.15, 0.2) is 11.0 Å². The number of benzene rings is 2. The highest BCUT2D eigenvalue weighted by Crippen LogP contribution is 2.42. The maximum absolute atomic E-state index is 13.4. The molecular formula is C36H41N3O8. The van der Waals surface area contributed by atoms with E-state index in [4.69, 9.17) is 14.2 Å². The van der Waals surface area contributed by atoms with E-state index in [-0.39, 0.29) is 23.5 Å². The molecule has 1 unspecified atom stereocenters. The van der Waals surface area contributed by atoms with Crippen LogP contribution in [0.25, 0.3) is 27.8 Å². The number of likely N-dealkylation sites (N-methyl/N-ethyl adjacent to an activating group) is 1. The van der Waals surface area contributed by atoms with Gasteiger partial charge in [0, 0.05) is 59.5 Å². The Morgan fingerprint density at radius 3 is 2.43 bits per heavy atom. The van der Waals surface area contributed by atoms with E-state index in [1.54, 1.807) is 29.2 Å². The van der Waals surface area contributed by atoms with Crippen LogP contribution in [0.5, 0.6) is 11.5 Å². The Balaban J connectivity index is 1.59. The minimum atomic E-state index is -1.75. The lowest BCUT2D eigenvalue weighted by Gasteiger charge is -2.42. The topological polar surface area (TPSA) is 142 Å². The molecule has 11 nitrogen and oxygen atoms in total. The van der Waals surface area contributed by atoms with Crippen LogP contribution in [0, 0.1) is 0 Å². The van der Waals surface area contributed by atoms with Gasteiger partial charge >= 0.3 is 12.1 Å². The molecular weight excluding hydrogens is 602 g/mol. The number of fused-ring (bicyclic) bond motifs is 4. The number of hydrogen-bond donors (Lipinski definition) is 3. The molecule has 0 aliphatic carbocycles. The first-order valence-electron chi connectivity index (χ1n) is 15.5. The molecule has 0 saturated carbocycles. The maximum Gasteiger partial charge on any atom is 0.410 e. The lowest BCUT2D eigenvalue weighted by molar-refractivity contribution is -0.141. The number of aliphatic hydroxyl groups excluding tert-OH is 1. The number of rotatable bonds is 10. The van der Waals surface area contributed by atoms with E-state index in [2.05, 4.69) is 4.98 Å². The molecule has 0 fully saturated rings. The first-order valence-corrected chi connectivity index (χ1v) is 15.5. The highest BCUT2D eigenvalue weighted by molar-refractivity contribution is 6.07. The van der Waals surface area contributed by atoms with Crippen molar-refractivity contribution in [3.8, 4) is 11.5 Å². The smallest absolute Gasteiger partial charge is 0.410 e. The standard InChI is InChI=1S/C36H41N3O8/c1-7-38(34(44)47-35(2,3)4)15-13-25-16-24-17-28-22(18-29(24)37-25)9-11-30(41)27-12-14-36(33(42)43,39(21-40)32(27)28)20-23-8-10-26(45-5)19-31(23)46-6/h8-12,14,16-19,37,40H,7,13,15,20-21H2,1-6H3,(H,42,43). The van der Waals surface area contributed by atoms with E-state index < -0.39 is 23.8 Å². The molecule has 3 aromatic carbocycles. The third-order valence-corrected chi connectivity index (χ3v) is 8.46. The van der Waals surface area contributed by atoms with Gasteiger partial charge in [0.1, 0.15) is 23.8 Å². The van der Waals surface area contributed by atoms with Gasteiger partial charge in [0.05, 0.1) is 19.9 Å². The highest BCUT2D eigenvalue weighted by atomic mass is 16.6. The van der Waals surface area contributed by atoms with Crippen LogP contribution in [0.2, 0.25) is 0 Å². The third kappa shape index (κ3) is 6.48. The van der Waals surface area contributed by atoms with Gasteiger partial charge in [-0.15, -0.1) is 0 Å². The van der Waals surface area contributed by atoms with Crippen molar-refractivity contribution in [2.24, 2.45) is 0 Å². The SMILES string of the molecule is CCN(CCc1cc2cc3c4c(c(=O)ccc3cc2[nH]1)C=CC(Cc1ccc(OC)cc1OC)(C(=O)O)N4CO)C(=O)OC(C)(C)C. The average molecular weight is 644 g/mol. The monoisotopic (exact) mass is 643 g/mol. The fraction of sp³-hybridized carbons (Fsp3) is 0.361. The van der Waals surface area contributed by atoms with Gasteiger partial charge in [-0.2, -0.15) is 0 Å². The number of carbonyl (C=O) groups excluding carboxylic acids is 1. The van der Waals surface area contributed by atoms with Crippen molar-refractivity contribution in [2.75, 3.05) is 38.9 Å². The van der Waals surface area contributed by atoms with Crippen LogP contribution in [-0.4, -0.2) is 77.3 Å². The summed E-state index contributed by atoms with van der Waals surface area (Å²) in [5.74, 6) is -0.214. The van der Waals surface area contributed by atoms with Crippen LogP contribution < -0.4 is 19.8 Å². The van der Waals surface area contributed by atoms with Crippen molar-refractivity contribution in [3.05, 3.63) is 81.7 Å². The van der Waals surface area contributed by atoms with Crippen molar-refractivity contribution in [3.63, 3.8) is 0 Å². The van der Waals surface area contributed by atoms with Crippen LogP contribution in [0.15, 0.2) is 59.4 Å². The Bertz CT molecular complexity index is 1930. The van der Waals surface area contributed by atoms with Crippen LogP contribution >= 0.6 is 0 Å². The minimum absolute atomic E-state index is 0.0670. The second-order valence-corrected chi connectivity index (χ2v) is 12.6. The van der Waals surface area contributed by atoms with Gasteiger partial charge in [-0.1, -0.05) is 18.2 Å². The number of H-pyrrole nitrogens is 1. The summed E-state index contributed by atoms with van der Waals surface area (Å²) in [6.45, 7) is 7.67. The second kappa shape index (κ2) is 13.0. The molecule has 3 N–H and O–H groups in total. The summed E-state index contributed by atoms with van der Waals surface area (Å²) in [7, 11) is 3.02. The Morgan fingerprint density at radius 2 is 1.79 bits per heavy atom. The molecule has 1 atom stereocenters. The number of carbonyl (C=O) groups is 2. The molecule has 1 aromatic heterocycles. The minimum Gasteiger partial charge on any atom is -0.497 e. The number of ether oxygens (including phenoxy) is 3. The van der Waals surface area contributed by atoms with E-state index in [0.29, 0.717) is 53.0 Å². The van der Waals surface area contributed by atoms with Crippen molar-refractivity contribution >= 4 is 45.5 Å². The van der Waals surface area contributed by atoms with Crippen molar-refractivity contribution in [1.29, 1.82) is 0 Å². The molecule has 0 spiro atoms. The van der Waals surface area contributed by atoms with Crippen molar-refractivity contribution < 1.29 is 34.0 Å². The molecule has 0 bridgehead atoms. The van der Waals surface area contributed by atoms with Crippen molar-refractivity contribution in [1.82, 2.24) is 9.88 Å². The largest absolute Gasteiger partial charge is 0.497 e. The number of aliphatic hydroxyl groups is 1. The highest BCUT2D eigenvalue weighted by Gasteiger charge is 2.46. The molecule has 11 heteroatoms. The molecule has 2 heterocycles. The number of carboxylic acid groups (broad SMARTS) is 1. The first-order chi connectivity index (χ1) is 22.3. The summed E-state index contributed by atoms with van der Waals surface area (Å²) >= 11 is 0. The molecule has 248 valence electrons. The van der Waals surface area contributed by atoms with E-state index in [1.165, 1.54) is 37.3 Å². The Kier molecular flexibility index (Phi) is 9.22. The number of amides is 1. The first kappa shape index (κ1) is 33.3. The summed E-state index contributed by atoms with van der Waals surface area (Å²) in [5, 5.41) is 23.7. The van der Waals surface area contributed by atoms with E-state index in [0.717, 1.165) is 16.6 Å². The zero-order valence-corrected chi connectivity index (χ0v) is 27.5. The van der Waals surface area contributed by atoms with Crippen molar-refractivity contribution in [2.45, 2.75) is 51.7 Å². The summed E-state index contributed by atoms with van der Waals surface area (Å²) in [4.78, 5) is 45.6. The van der Waals surface area contributed by atoms with Crippen LogP contribution in [0.4, 0.5) is 10.5 Å². The van der Waals surface area contributed by atoms with Gasteiger partial charge in [0.25, 0.3) is 0 Å². The van der Waals surface area contributed by atoms with E-state index >= 15 is 0 Å². The number of hydrogen-bond acceptors (Lipinski definition) is 8. The number of nitrogens with one attached hydrogen (secondary N) is 1. The third-order valence-electron chi connectivity index (χ3n) is 8.46. The number of nitrogens with zero attached hydrogens (tertiary/aromatic N) is 2. The molecule has 4 aromatic rings. The number of aromatic nitrogens is 1. The van der Waals surface area contributed by atoms with Crippen LogP contribution in [0.3, 0.4) is 0 Å².